The van der Waals surface area contributed by atoms with Gasteiger partial charge in [0, 0.05) is 34.0 Å². The van der Waals surface area contributed by atoms with Crippen LogP contribution in [0.25, 0.3) is 0 Å². The van der Waals surface area contributed by atoms with Gasteiger partial charge in [0.15, 0.2) is 0 Å². The van der Waals surface area contributed by atoms with Gasteiger partial charge in [0.1, 0.15) is 5.75 Å². The summed E-state index contributed by atoms with van der Waals surface area (Å²) >= 11 is 3.23. The van der Waals surface area contributed by atoms with Gasteiger partial charge in [-0.1, -0.05) is 15.9 Å². The molecule has 0 unspecified atom stereocenters. The molecule has 43 valence electrons. The molecule has 0 amide bonds. The summed E-state index contributed by atoms with van der Waals surface area (Å²) in [7, 11) is 0. The summed E-state index contributed by atoms with van der Waals surface area (Å²) in [6, 6.07) is 6.83. The van der Waals surface area contributed by atoms with Crippen LogP contribution < -0.4 is 0 Å². The van der Waals surface area contributed by atoms with E-state index >= 15 is 0 Å². The predicted molar refractivity (Wildman–Crippen MR) is 41.6 cm³/mol. The van der Waals surface area contributed by atoms with Crippen LogP contribution in [0.2, 0.25) is 0 Å². The molecule has 9 heavy (non-hydrogen) atoms. The van der Waals surface area contributed by atoms with Gasteiger partial charge in [0.25, 0.3) is 0 Å². The van der Waals surface area contributed by atoms with E-state index < -0.39 is 0 Å². The Balaban J connectivity index is 0.000000640. The third-order valence-electron chi connectivity index (χ3n) is 0.827. The van der Waals surface area contributed by atoms with E-state index in [2.05, 4.69) is 15.9 Å². The molecule has 1 radical (unpaired) electrons. The summed E-state index contributed by atoms with van der Waals surface area (Å²) in [5.74, 6) is 0.299. The van der Waals surface area contributed by atoms with Crippen LogP contribution in [-0.4, -0.2) is 34.7 Å². The molecule has 0 aromatic heterocycles. The Kier molecular flexibility index (Phi) is 4.58. The van der Waals surface area contributed by atoms with Crippen molar-refractivity contribution in [2.24, 2.45) is 0 Å². The van der Waals surface area contributed by atoms with Crippen molar-refractivity contribution in [2.45, 2.75) is 0 Å². The molecule has 0 heterocycles. The maximum absolute atomic E-state index is 8.74. The Morgan fingerprint density at radius 1 is 1.11 bits per heavy atom. The molecule has 0 spiro atoms. The van der Waals surface area contributed by atoms with E-state index in [9.17, 15) is 0 Å². The fraction of sp³-hybridized carbons (Fsp3) is 0. The minimum atomic E-state index is 0. The Bertz CT molecular complexity index is 152. The van der Waals surface area contributed by atoms with Gasteiger partial charge in [0.2, 0.25) is 0 Å². The summed E-state index contributed by atoms with van der Waals surface area (Å²) < 4.78 is 0.982. The van der Waals surface area contributed by atoms with Crippen LogP contribution >= 0.6 is 15.9 Å². The molecule has 0 fully saturated rings. The van der Waals surface area contributed by atoms with Crippen molar-refractivity contribution < 1.29 is 5.11 Å². The summed E-state index contributed by atoms with van der Waals surface area (Å²) in [5.41, 5.74) is 0. The fourth-order valence-electron chi connectivity index (χ4n) is 0.441. The number of hydrogen-bond acceptors (Lipinski definition) is 1. The largest absolute Gasteiger partial charge is 0.508 e. The van der Waals surface area contributed by atoms with Crippen molar-refractivity contribution in [3.63, 3.8) is 0 Å². The molecule has 1 aromatic carbocycles. The van der Waals surface area contributed by atoms with E-state index in [0.717, 1.165) is 4.47 Å². The minimum absolute atomic E-state index is 0. The molecule has 0 saturated carbocycles. The average Bonchev–Trinajstić information content (AvgIpc) is 1.77. The number of benzene rings is 1. The summed E-state index contributed by atoms with van der Waals surface area (Å²) in [4.78, 5) is 0. The van der Waals surface area contributed by atoms with Crippen molar-refractivity contribution >= 4 is 45.5 Å². The average molecular weight is 196 g/mol. The molecule has 1 aromatic rings. The van der Waals surface area contributed by atoms with Gasteiger partial charge in [-0.3, -0.25) is 0 Å². The number of hydrogen-bond donors (Lipinski definition) is 1. The molecule has 0 aliphatic rings. The minimum Gasteiger partial charge on any atom is -0.508 e. The molecule has 0 atom stereocenters. The van der Waals surface area contributed by atoms with E-state index in [1.165, 1.54) is 0 Å². The van der Waals surface area contributed by atoms with Gasteiger partial charge >= 0.3 is 0 Å². The second kappa shape index (κ2) is 4.34. The van der Waals surface area contributed by atoms with Crippen LogP contribution in [0.3, 0.4) is 0 Å². The SMILES string of the molecule is Oc1ccc(Br)cc1.[Na]. The van der Waals surface area contributed by atoms with Gasteiger partial charge < -0.3 is 5.11 Å². The quantitative estimate of drug-likeness (QED) is 0.627. The number of rotatable bonds is 0. The maximum Gasteiger partial charge on any atom is 0.115 e. The Hall–Kier alpha value is 0.500. The summed E-state index contributed by atoms with van der Waals surface area (Å²) in [5, 5.41) is 8.74. The topological polar surface area (TPSA) is 20.2 Å². The van der Waals surface area contributed by atoms with Crippen molar-refractivity contribution in [2.75, 3.05) is 0 Å². The van der Waals surface area contributed by atoms with Crippen LogP contribution in [0, 0.1) is 0 Å². The van der Waals surface area contributed by atoms with Gasteiger partial charge in [-0.05, 0) is 24.3 Å². The van der Waals surface area contributed by atoms with E-state index in [-0.39, 0.29) is 29.6 Å². The number of halogens is 1. The van der Waals surface area contributed by atoms with Crippen molar-refractivity contribution in [3.05, 3.63) is 28.7 Å². The predicted octanol–water partition coefficient (Wildman–Crippen LogP) is 1.77. The smallest absolute Gasteiger partial charge is 0.115 e. The molecule has 3 heteroatoms. The molecule has 1 N–H and O–H groups in total. The molecule has 1 rings (SSSR count). The molecular weight excluding hydrogens is 191 g/mol. The van der Waals surface area contributed by atoms with Crippen molar-refractivity contribution in [1.82, 2.24) is 0 Å². The third-order valence-corrected chi connectivity index (χ3v) is 1.36. The zero-order chi connectivity index (χ0) is 5.98. The standard InChI is InChI=1S/C6H5BrO.Na/c7-5-1-3-6(8)4-2-5;/h1-4,8H;. The van der Waals surface area contributed by atoms with Crippen molar-refractivity contribution in [3.8, 4) is 5.75 Å². The second-order valence-corrected chi connectivity index (χ2v) is 2.39. The van der Waals surface area contributed by atoms with E-state index in [4.69, 9.17) is 5.11 Å². The number of phenols is 1. The van der Waals surface area contributed by atoms with E-state index in [0.29, 0.717) is 5.75 Å². The first kappa shape index (κ1) is 9.50. The molecule has 0 bridgehead atoms. The molecule has 1 nitrogen and oxygen atoms in total. The first-order valence-corrected chi connectivity index (χ1v) is 3.03. The first-order chi connectivity index (χ1) is 3.79. The van der Waals surface area contributed by atoms with Crippen LogP contribution in [0.4, 0.5) is 0 Å². The van der Waals surface area contributed by atoms with Crippen LogP contribution in [0.5, 0.6) is 5.75 Å². The van der Waals surface area contributed by atoms with Gasteiger partial charge in [-0.25, -0.2) is 0 Å². The second-order valence-electron chi connectivity index (χ2n) is 1.48. The molecular formula is C6H5BrNaO. The molecule has 0 saturated heterocycles. The zero-order valence-electron chi connectivity index (χ0n) is 5.13. The van der Waals surface area contributed by atoms with Gasteiger partial charge in [0.05, 0.1) is 0 Å². The monoisotopic (exact) mass is 195 g/mol. The van der Waals surface area contributed by atoms with Gasteiger partial charge in [-0.2, -0.15) is 0 Å². The van der Waals surface area contributed by atoms with Crippen LogP contribution in [0.1, 0.15) is 0 Å². The Morgan fingerprint density at radius 2 is 1.56 bits per heavy atom. The molecule has 0 aliphatic carbocycles. The maximum atomic E-state index is 8.74. The summed E-state index contributed by atoms with van der Waals surface area (Å²) in [6.45, 7) is 0. The number of phenolic OH excluding ortho intramolecular Hbond substituents is 1. The molecule has 0 aliphatic heterocycles. The van der Waals surface area contributed by atoms with Crippen molar-refractivity contribution in [1.29, 1.82) is 0 Å². The number of aromatic hydroxyl groups is 1. The Labute approximate surface area is 84.5 Å². The Morgan fingerprint density at radius 3 is 1.89 bits per heavy atom. The van der Waals surface area contributed by atoms with Gasteiger partial charge in [-0.15, -0.1) is 0 Å². The fourth-order valence-corrected chi connectivity index (χ4v) is 0.705. The van der Waals surface area contributed by atoms with Crippen LogP contribution in [-0.2, 0) is 0 Å². The van der Waals surface area contributed by atoms with E-state index in [1.54, 1.807) is 24.3 Å². The van der Waals surface area contributed by atoms with Crippen LogP contribution in [0.15, 0.2) is 28.7 Å². The first-order valence-electron chi connectivity index (χ1n) is 2.23. The third kappa shape index (κ3) is 3.26. The van der Waals surface area contributed by atoms with E-state index in [1.807, 2.05) is 0 Å². The summed E-state index contributed by atoms with van der Waals surface area (Å²) in [6.07, 6.45) is 0. The zero-order valence-corrected chi connectivity index (χ0v) is 8.72. The normalized spacial score (nSPS) is 8.11.